The molecule has 1 heterocycles. The molecule has 0 aliphatic rings. The molecular weight excluding hydrogens is 373 g/mol. The molecule has 5 nitrogen and oxygen atoms in total. The summed E-state index contributed by atoms with van der Waals surface area (Å²) in [4.78, 5) is 15.9. The lowest BCUT2D eigenvalue weighted by Gasteiger charge is -2.10. The van der Waals surface area contributed by atoms with Crippen LogP contribution in [0.4, 0.5) is 16.2 Å². The molecule has 0 fully saturated rings. The standard InChI is InChI=1S/C16H10Cl3N3O2/c17-11-5-6-12(15(19)14(11)18)22-16(23)21-10-3-1-9(2-4-10)13-7-20-8-24-13/h1-8H,(H2,21,22,23). The van der Waals surface area contributed by atoms with E-state index < -0.39 is 6.03 Å². The average Bonchev–Trinajstić information content (AvgIpc) is 3.11. The maximum absolute atomic E-state index is 12.1. The van der Waals surface area contributed by atoms with Gasteiger partial charge >= 0.3 is 6.03 Å². The van der Waals surface area contributed by atoms with Crippen LogP contribution >= 0.6 is 34.8 Å². The van der Waals surface area contributed by atoms with Gasteiger partial charge in [-0.2, -0.15) is 0 Å². The van der Waals surface area contributed by atoms with E-state index in [2.05, 4.69) is 15.6 Å². The number of anilines is 2. The van der Waals surface area contributed by atoms with Gasteiger partial charge in [0.1, 0.15) is 0 Å². The number of rotatable bonds is 3. The second kappa shape index (κ2) is 7.13. The van der Waals surface area contributed by atoms with Crippen molar-refractivity contribution in [3.05, 3.63) is 64.1 Å². The highest BCUT2D eigenvalue weighted by Crippen LogP contribution is 2.35. The lowest BCUT2D eigenvalue weighted by Crippen LogP contribution is -2.19. The molecule has 0 unspecified atom stereocenters. The molecule has 0 spiro atoms. The smallest absolute Gasteiger partial charge is 0.323 e. The van der Waals surface area contributed by atoms with Crippen molar-refractivity contribution >= 4 is 52.2 Å². The molecule has 3 rings (SSSR count). The van der Waals surface area contributed by atoms with Crippen LogP contribution in [0.5, 0.6) is 0 Å². The summed E-state index contributed by atoms with van der Waals surface area (Å²) in [6, 6.07) is 9.77. The number of benzene rings is 2. The maximum atomic E-state index is 12.1. The predicted octanol–water partition coefficient (Wildman–Crippen LogP) is 5.95. The van der Waals surface area contributed by atoms with Gasteiger partial charge in [-0.05, 0) is 36.4 Å². The molecule has 0 aliphatic carbocycles. The molecule has 0 atom stereocenters. The van der Waals surface area contributed by atoms with Gasteiger partial charge in [-0.1, -0.05) is 34.8 Å². The van der Waals surface area contributed by atoms with Gasteiger partial charge in [0.25, 0.3) is 0 Å². The summed E-state index contributed by atoms with van der Waals surface area (Å²) >= 11 is 17.8. The molecule has 1 aromatic heterocycles. The summed E-state index contributed by atoms with van der Waals surface area (Å²) in [7, 11) is 0. The van der Waals surface area contributed by atoms with E-state index in [4.69, 9.17) is 39.2 Å². The minimum atomic E-state index is -0.456. The van der Waals surface area contributed by atoms with E-state index >= 15 is 0 Å². The molecule has 0 radical (unpaired) electrons. The summed E-state index contributed by atoms with van der Waals surface area (Å²) in [5.74, 6) is 0.647. The molecule has 2 aromatic carbocycles. The molecular formula is C16H10Cl3N3O2. The number of carbonyl (C=O) groups excluding carboxylic acids is 1. The number of hydrogen-bond donors (Lipinski definition) is 2. The Labute approximate surface area is 152 Å². The highest BCUT2D eigenvalue weighted by molar-refractivity contribution is 6.49. The van der Waals surface area contributed by atoms with Crippen LogP contribution in [0, 0.1) is 0 Å². The number of amides is 2. The fraction of sp³-hybridized carbons (Fsp3) is 0. The van der Waals surface area contributed by atoms with Crippen LogP contribution in [0.1, 0.15) is 0 Å². The van der Waals surface area contributed by atoms with Gasteiger partial charge in [0.15, 0.2) is 12.2 Å². The van der Waals surface area contributed by atoms with Gasteiger partial charge in [-0.15, -0.1) is 0 Å². The van der Waals surface area contributed by atoms with Crippen LogP contribution in [-0.4, -0.2) is 11.0 Å². The van der Waals surface area contributed by atoms with E-state index in [1.54, 1.807) is 30.5 Å². The molecule has 24 heavy (non-hydrogen) atoms. The summed E-state index contributed by atoms with van der Waals surface area (Å²) in [6.45, 7) is 0. The largest absolute Gasteiger partial charge is 0.444 e. The molecule has 122 valence electrons. The van der Waals surface area contributed by atoms with Crippen LogP contribution in [0.25, 0.3) is 11.3 Å². The summed E-state index contributed by atoms with van der Waals surface area (Å²) in [5, 5.41) is 5.99. The minimum absolute atomic E-state index is 0.181. The maximum Gasteiger partial charge on any atom is 0.323 e. The van der Waals surface area contributed by atoms with Crippen molar-refractivity contribution in [2.75, 3.05) is 10.6 Å². The van der Waals surface area contributed by atoms with Gasteiger partial charge in [0.05, 0.1) is 27.0 Å². The fourth-order valence-electron chi connectivity index (χ4n) is 1.98. The Kier molecular flexibility index (Phi) is 4.94. The second-order valence-electron chi connectivity index (χ2n) is 4.75. The van der Waals surface area contributed by atoms with E-state index in [0.717, 1.165) is 5.56 Å². The van der Waals surface area contributed by atoms with E-state index in [9.17, 15) is 4.79 Å². The van der Waals surface area contributed by atoms with Crippen LogP contribution in [-0.2, 0) is 0 Å². The first-order chi connectivity index (χ1) is 11.5. The van der Waals surface area contributed by atoms with Crippen LogP contribution in [0.2, 0.25) is 15.1 Å². The van der Waals surface area contributed by atoms with E-state index in [-0.39, 0.29) is 10.0 Å². The summed E-state index contributed by atoms with van der Waals surface area (Å²) in [5.41, 5.74) is 1.82. The Morgan fingerprint density at radius 3 is 2.38 bits per heavy atom. The van der Waals surface area contributed by atoms with Gasteiger partial charge in [-0.3, -0.25) is 0 Å². The van der Waals surface area contributed by atoms with Gasteiger partial charge in [0.2, 0.25) is 0 Å². The van der Waals surface area contributed by atoms with Crippen molar-refractivity contribution in [3.63, 3.8) is 0 Å². The predicted molar refractivity (Wildman–Crippen MR) is 96.1 cm³/mol. The summed E-state index contributed by atoms with van der Waals surface area (Å²) < 4.78 is 5.20. The van der Waals surface area contributed by atoms with Gasteiger partial charge < -0.3 is 15.1 Å². The number of nitrogens with one attached hydrogen (secondary N) is 2. The third-order valence-electron chi connectivity index (χ3n) is 3.14. The van der Waals surface area contributed by atoms with E-state index in [1.165, 1.54) is 6.39 Å². The number of aromatic nitrogens is 1. The zero-order chi connectivity index (χ0) is 17.1. The summed E-state index contributed by atoms with van der Waals surface area (Å²) in [6.07, 6.45) is 2.97. The zero-order valence-electron chi connectivity index (χ0n) is 12.0. The topological polar surface area (TPSA) is 67.2 Å². The molecule has 2 amide bonds. The Bertz CT molecular complexity index is 865. The molecule has 0 aliphatic heterocycles. The van der Waals surface area contributed by atoms with Crippen molar-refractivity contribution in [2.45, 2.75) is 0 Å². The number of halogens is 3. The molecule has 0 bridgehead atoms. The Morgan fingerprint density at radius 1 is 0.958 bits per heavy atom. The van der Waals surface area contributed by atoms with Crippen LogP contribution < -0.4 is 10.6 Å². The first-order valence-corrected chi connectivity index (χ1v) is 7.88. The molecule has 8 heteroatoms. The van der Waals surface area contributed by atoms with Gasteiger partial charge in [-0.25, -0.2) is 9.78 Å². The average molecular weight is 383 g/mol. The lowest BCUT2D eigenvalue weighted by molar-refractivity contribution is 0.262. The SMILES string of the molecule is O=C(Nc1ccc(-c2cnco2)cc1)Nc1ccc(Cl)c(Cl)c1Cl. The Balaban J connectivity index is 1.68. The third kappa shape index (κ3) is 3.64. The number of nitrogens with zero attached hydrogens (tertiary/aromatic N) is 1. The highest BCUT2D eigenvalue weighted by atomic mass is 35.5. The third-order valence-corrected chi connectivity index (χ3v) is 4.44. The van der Waals surface area contributed by atoms with Crippen LogP contribution in [0.3, 0.4) is 0 Å². The number of hydrogen-bond acceptors (Lipinski definition) is 3. The minimum Gasteiger partial charge on any atom is -0.444 e. The first kappa shape index (κ1) is 16.6. The Morgan fingerprint density at radius 2 is 1.71 bits per heavy atom. The Hall–Kier alpha value is -2.21. The van der Waals surface area contributed by atoms with Crippen molar-refractivity contribution in [1.29, 1.82) is 0 Å². The zero-order valence-corrected chi connectivity index (χ0v) is 14.3. The fourth-order valence-corrected chi connectivity index (χ4v) is 2.57. The first-order valence-electron chi connectivity index (χ1n) is 6.75. The van der Waals surface area contributed by atoms with Gasteiger partial charge in [0, 0.05) is 11.3 Å². The molecule has 0 saturated heterocycles. The normalized spacial score (nSPS) is 10.5. The number of oxazole rings is 1. The molecule has 0 saturated carbocycles. The van der Waals surface area contributed by atoms with E-state index in [1.807, 2.05) is 12.1 Å². The van der Waals surface area contributed by atoms with Crippen molar-refractivity contribution in [3.8, 4) is 11.3 Å². The number of urea groups is 1. The molecule has 2 N–H and O–H groups in total. The quantitative estimate of drug-likeness (QED) is 0.550. The highest BCUT2D eigenvalue weighted by Gasteiger charge is 2.11. The lowest BCUT2D eigenvalue weighted by atomic mass is 10.2. The number of carbonyl (C=O) groups is 1. The van der Waals surface area contributed by atoms with Crippen molar-refractivity contribution < 1.29 is 9.21 Å². The second-order valence-corrected chi connectivity index (χ2v) is 5.91. The van der Waals surface area contributed by atoms with E-state index in [0.29, 0.717) is 22.2 Å². The van der Waals surface area contributed by atoms with Crippen LogP contribution in [0.15, 0.2) is 53.4 Å². The van der Waals surface area contributed by atoms with Crippen molar-refractivity contribution in [2.24, 2.45) is 0 Å². The van der Waals surface area contributed by atoms with Crippen molar-refractivity contribution in [1.82, 2.24) is 4.98 Å². The monoisotopic (exact) mass is 381 g/mol. The molecule has 3 aromatic rings.